The minimum Gasteiger partial charge on any atom is -0.395 e. The Morgan fingerprint density at radius 3 is 1.12 bits per heavy atom. The van der Waals surface area contributed by atoms with E-state index in [0.717, 1.165) is 13.1 Å². The summed E-state index contributed by atoms with van der Waals surface area (Å²) < 4.78 is 0. The Morgan fingerprint density at radius 2 is 0.792 bits per heavy atom. The molecule has 0 aliphatic rings. The van der Waals surface area contributed by atoms with Crippen LogP contribution in [-0.4, -0.2) is 24.8 Å². The van der Waals surface area contributed by atoms with E-state index in [-0.39, 0.29) is 6.61 Å². The van der Waals surface area contributed by atoms with Crippen LogP contribution in [0.15, 0.2) is 0 Å². The molecule has 0 aliphatic heterocycles. The Hall–Kier alpha value is -0.0800. The van der Waals surface area contributed by atoms with Gasteiger partial charge in [-0.05, 0) is 13.0 Å². The summed E-state index contributed by atoms with van der Waals surface area (Å²) in [6, 6.07) is 0. The van der Waals surface area contributed by atoms with Gasteiger partial charge in [0.15, 0.2) is 0 Å². The van der Waals surface area contributed by atoms with E-state index >= 15 is 0 Å². The first-order valence-electron chi connectivity index (χ1n) is 11.2. The van der Waals surface area contributed by atoms with Crippen molar-refractivity contribution in [3.63, 3.8) is 0 Å². The van der Waals surface area contributed by atoms with E-state index in [2.05, 4.69) is 12.2 Å². The second-order valence-electron chi connectivity index (χ2n) is 7.48. The van der Waals surface area contributed by atoms with Gasteiger partial charge >= 0.3 is 0 Å². The first-order valence-corrected chi connectivity index (χ1v) is 11.2. The van der Waals surface area contributed by atoms with E-state index in [0.29, 0.717) is 0 Å². The molecule has 0 spiro atoms. The average molecular weight is 342 g/mol. The number of rotatable bonds is 21. The van der Waals surface area contributed by atoms with Crippen LogP contribution in [0, 0.1) is 0 Å². The Morgan fingerprint density at radius 1 is 0.458 bits per heavy atom. The first kappa shape index (κ1) is 23.9. The topological polar surface area (TPSA) is 32.3 Å². The van der Waals surface area contributed by atoms with Crippen LogP contribution >= 0.6 is 0 Å². The van der Waals surface area contributed by atoms with Crippen molar-refractivity contribution in [2.75, 3.05) is 19.7 Å². The lowest BCUT2D eigenvalue weighted by molar-refractivity contribution is 0.292. The van der Waals surface area contributed by atoms with Crippen molar-refractivity contribution >= 4 is 0 Å². The first-order chi connectivity index (χ1) is 11.9. The Bertz CT molecular complexity index is 186. The number of aliphatic hydroxyl groups excluding tert-OH is 1. The highest BCUT2D eigenvalue weighted by Gasteiger charge is 1.95. The van der Waals surface area contributed by atoms with Crippen molar-refractivity contribution in [2.45, 2.75) is 122 Å². The van der Waals surface area contributed by atoms with Crippen LogP contribution in [0.2, 0.25) is 0 Å². The van der Waals surface area contributed by atoms with Crippen LogP contribution in [0.4, 0.5) is 0 Å². The Kier molecular flexibility index (Phi) is 22.8. The number of hydrogen-bond donors (Lipinski definition) is 2. The molecule has 0 atom stereocenters. The smallest absolute Gasteiger partial charge is 0.0555 e. The number of aliphatic hydroxyl groups is 1. The van der Waals surface area contributed by atoms with Gasteiger partial charge in [-0.2, -0.15) is 0 Å². The molecule has 2 heteroatoms. The van der Waals surface area contributed by atoms with Gasteiger partial charge in [0.25, 0.3) is 0 Å². The fourth-order valence-electron chi connectivity index (χ4n) is 3.36. The summed E-state index contributed by atoms with van der Waals surface area (Å²) in [5, 5.41) is 11.9. The minimum atomic E-state index is 0.263. The summed E-state index contributed by atoms with van der Waals surface area (Å²) in [6.07, 6.45) is 25.7. The van der Waals surface area contributed by atoms with E-state index in [9.17, 15) is 0 Å². The molecular formula is C22H47NO. The third-order valence-electron chi connectivity index (χ3n) is 5.00. The van der Waals surface area contributed by atoms with Crippen LogP contribution in [0.5, 0.6) is 0 Å². The predicted octanol–water partition coefficient (Wildman–Crippen LogP) is 6.61. The summed E-state index contributed by atoms with van der Waals surface area (Å²) >= 11 is 0. The molecule has 2 nitrogen and oxygen atoms in total. The van der Waals surface area contributed by atoms with E-state index in [4.69, 9.17) is 5.11 Å². The Labute approximate surface area is 153 Å². The van der Waals surface area contributed by atoms with E-state index in [1.807, 2.05) is 0 Å². The van der Waals surface area contributed by atoms with E-state index in [1.165, 1.54) is 116 Å². The summed E-state index contributed by atoms with van der Waals surface area (Å²) in [5.74, 6) is 0. The molecule has 0 saturated heterocycles. The number of hydrogen-bond acceptors (Lipinski definition) is 2. The molecule has 0 heterocycles. The van der Waals surface area contributed by atoms with E-state index in [1.54, 1.807) is 0 Å². The molecule has 146 valence electrons. The average Bonchev–Trinajstić information content (AvgIpc) is 2.60. The van der Waals surface area contributed by atoms with Crippen molar-refractivity contribution in [3.05, 3.63) is 0 Å². The maximum Gasteiger partial charge on any atom is 0.0555 e. The lowest BCUT2D eigenvalue weighted by atomic mass is 10.0. The molecule has 0 saturated carbocycles. The lowest BCUT2D eigenvalue weighted by Crippen LogP contribution is -2.19. The van der Waals surface area contributed by atoms with Gasteiger partial charge in [0.1, 0.15) is 0 Å². The normalized spacial score (nSPS) is 11.2. The molecular weight excluding hydrogens is 294 g/mol. The molecule has 2 N–H and O–H groups in total. The second-order valence-corrected chi connectivity index (χ2v) is 7.48. The molecule has 0 aliphatic carbocycles. The van der Waals surface area contributed by atoms with Gasteiger partial charge in [-0.15, -0.1) is 0 Å². The van der Waals surface area contributed by atoms with Gasteiger partial charge < -0.3 is 10.4 Å². The molecule has 0 aromatic carbocycles. The van der Waals surface area contributed by atoms with Gasteiger partial charge in [0.05, 0.1) is 6.61 Å². The summed E-state index contributed by atoms with van der Waals surface area (Å²) in [5.41, 5.74) is 0. The molecule has 0 rings (SSSR count). The highest BCUT2D eigenvalue weighted by molar-refractivity contribution is 4.51. The molecule has 0 fully saturated rings. The van der Waals surface area contributed by atoms with Gasteiger partial charge in [-0.1, -0.05) is 116 Å². The number of nitrogens with one attached hydrogen (secondary N) is 1. The fourth-order valence-corrected chi connectivity index (χ4v) is 3.36. The molecule has 24 heavy (non-hydrogen) atoms. The molecule has 0 amide bonds. The standard InChI is InChI=1S/C22H47NO/c1-2-3-4-5-6-7-8-9-10-11-12-13-14-15-16-17-18-19-20-23-21-22-24/h23-24H,2-22H2,1H3. The molecule has 0 aromatic rings. The monoisotopic (exact) mass is 341 g/mol. The van der Waals surface area contributed by atoms with Gasteiger partial charge in [-0.3, -0.25) is 0 Å². The predicted molar refractivity (Wildman–Crippen MR) is 109 cm³/mol. The summed E-state index contributed by atoms with van der Waals surface area (Å²) in [6.45, 7) is 4.37. The van der Waals surface area contributed by atoms with Crippen molar-refractivity contribution in [2.24, 2.45) is 0 Å². The quantitative estimate of drug-likeness (QED) is 0.230. The molecule has 0 radical (unpaired) electrons. The fraction of sp³-hybridized carbons (Fsp3) is 1.00. The maximum absolute atomic E-state index is 8.66. The minimum absolute atomic E-state index is 0.263. The molecule has 0 bridgehead atoms. The maximum atomic E-state index is 8.66. The summed E-state index contributed by atoms with van der Waals surface area (Å²) in [7, 11) is 0. The van der Waals surface area contributed by atoms with Crippen LogP contribution in [0.1, 0.15) is 122 Å². The molecule has 0 unspecified atom stereocenters. The third-order valence-corrected chi connectivity index (χ3v) is 5.00. The number of unbranched alkanes of at least 4 members (excludes halogenated alkanes) is 17. The Balaban J connectivity index is 2.93. The zero-order valence-corrected chi connectivity index (χ0v) is 16.8. The largest absolute Gasteiger partial charge is 0.395 e. The zero-order valence-electron chi connectivity index (χ0n) is 16.8. The SMILES string of the molecule is CCCCCCCCCCCCCCCCCCCCNCCO. The van der Waals surface area contributed by atoms with Crippen molar-refractivity contribution in [1.82, 2.24) is 5.32 Å². The van der Waals surface area contributed by atoms with Crippen molar-refractivity contribution < 1.29 is 5.11 Å². The van der Waals surface area contributed by atoms with Gasteiger partial charge in [-0.25, -0.2) is 0 Å². The van der Waals surface area contributed by atoms with Gasteiger partial charge in [0, 0.05) is 6.54 Å². The highest BCUT2D eigenvalue weighted by Crippen LogP contribution is 2.14. The zero-order chi connectivity index (χ0) is 17.6. The van der Waals surface area contributed by atoms with Crippen LogP contribution in [0.3, 0.4) is 0 Å². The van der Waals surface area contributed by atoms with Gasteiger partial charge in [0.2, 0.25) is 0 Å². The van der Waals surface area contributed by atoms with E-state index < -0.39 is 0 Å². The molecule has 0 aromatic heterocycles. The van der Waals surface area contributed by atoms with Crippen LogP contribution in [-0.2, 0) is 0 Å². The lowest BCUT2D eigenvalue weighted by Gasteiger charge is -2.04. The van der Waals surface area contributed by atoms with Crippen molar-refractivity contribution in [1.29, 1.82) is 0 Å². The summed E-state index contributed by atoms with van der Waals surface area (Å²) in [4.78, 5) is 0. The van der Waals surface area contributed by atoms with Crippen LogP contribution < -0.4 is 5.32 Å². The second kappa shape index (κ2) is 22.9. The third kappa shape index (κ3) is 21.9. The van der Waals surface area contributed by atoms with Crippen LogP contribution in [0.25, 0.3) is 0 Å². The highest BCUT2D eigenvalue weighted by atomic mass is 16.3. The van der Waals surface area contributed by atoms with Crippen molar-refractivity contribution in [3.8, 4) is 0 Å².